The molecule has 128 valence electrons. The van der Waals surface area contributed by atoms with E-state index in [0.29, 0.717) is 5.69 Å². The zero-order valence-corrected chi connectivity index (χ0v) is 15.0. The standard InChI is InChI=1S/C20H20N2O2S/c1-15-7-13-19(14-8-15)25(23,24)22-18-11-9-17(10-12-18)21-20-6-4-3-5-16(20)2/h3-14,21-22H,1-2H3. The second-order valence-corrected chi connectivity index (χ2v) is 7.62. The maximum atomic E-state index is 12.4. The molecule has 3 rings (SSSR count). The Balaban J connectivity index is 1.74. The van der Waals surface area contributed by atoms with Gasteiger partial charge in [-0.2, -0.15) is 0 Å². The van der Waals surface area contributed by atoms with E-state index in [2.05, 4.69) is 10.0 Å². The summed E-state index contributed by atoms with van der Waals surface area (Å²) in [5.74, 6) is 0. The molecule has 0 aliphatic heterocycles. The van der Waals surface area contributed by atoms with Crippen LogP contribution in [0.25, 0.3) is 0 Å². The third-order valence-corrected chi connectivity index (χ3v) is 5.29. The Morgan fingerprint density at radius 3 is 1.96 bits per heavy atom. The minimum atomic E-state index is -3.58. The quantitative estimate of drug-likeness (QED) is 0.690. The molecule has 0 saturated heterocycles. The van der Waals surface area contributed by atoms with Gasteiger partial charge in [-0.25, -0.2) is 8.42 Å². The second kappa shape index (κ2) is 6.99. The maximum Gasteiger partial charge on any atom is 0.261 e. The minimum absolute atomic E-state index is 0.250. The van der Waals surface area contributed by atoms with Crippen molar-refractivity contribution in [1.29, 1.82) is 0 Å². The van der Waals surface area contributed by atoms with Crippen LogP contribution in [0.4, 0.5) is 17.1 Å². The molecule has 0 aliphatic carbocycles. The summed E-state index contributed by atoms with van der Waals surface area (Å²) in [7, 11) is -3.58. The van der Waals surface area contributed by atoms with Crippen molar-refractivity contribution >= 4 is 27.1 Å². The molecule has 0 bridgehead atoms. The summed E-state index contributed by atoms with van der Waals surface area (Å²) >= 11 is 0. The molecule has 0 amide bonds. The molecular weight excluding hydrogens is 332 g/mol. The number of nitrogens with one attached hydrogen (secondary N) is 2. The molecule has 3 aromatic carbocycles. The molecule has 0 unspecified atom stereocenters. The predicted molar refractivity (Wildman–Crippen MR) is 103 cm³/mol. The first-order valence-corrected chi connectivity index (χ1v) is 9.44. The monoisotopic (exact) mass is 352 g/mol. The molecule has 0 heterocycles. The fraction of sp³-hybridized carbons (Fsp3) is 0.100. The first-order chi connectivity index (χ1) is 11.9. The molecule has 0 aliphatic rings. The predicted octanol–water partition coefficient (Wildman–Crippen LogP) is 4.85. The van der Waals surface area contributed by atoms with Crippen molar-refractivity contribution in [2.75, 3.05) is 10.0 Å². The Morgan fingerprint density at radius 2 is 1.32 bits per heavy atom. The van der Waals surface area contributed by atoms with Crippen LogP contribution in [-0.2, 0) is 10.0 Å². The third kappa shape index (κ3) is 4.19. The smallest absolute Gasteiger partial charge is 0.261 e. The van der Waals surface area contributed by atoms with E-state index < -0.39 is 10.0 Å². The van der Waals surface area contributed by atoms with Gasteiger partial charge in [0.05, 0.1) is 4.90 Å². The molecule has 0 saturated carbocycles. The number of hydrogen-bond donors (Lipinski definition) is 2. The number of hydrogen-bond acceptors (Lipinski definition) is 3. The van der Waals surface area contributed by atoms with Crippen LogP contribution in [0, 0.1) is 13.8 Å². The lowest BCUT2D eigenvalue weighted by Crippen LogP contribution is -2.12. The Kier molecular flexibility index (Phi) is 4.76. The SMILES string of the molecule is Cc1ccc(S(=O)(=O)Nc2ccc(Nc3ccccc3C)cc2)cc1. The average molecular weight is 352 g/mol. The van der Waals surface area contributed by atoms with E-state index in [-0.39, 0.29) is 4.90 Å². The van der Waals surface area contributed by atoms with E-state index in [9.17, 15) is 8.42 Å². The summed E-state index contributed by atoms with van der Waals surface area (Å²) in [4.78, 5) is 0.250. The largest absolute Gasteiger partial charge is 0.355 e. The lowest BCUT2D eigenvalue weighted by atomic mass is 10.2. The molecular formula is C20H20N2O2S. The first-order valence-electron chi connectivity index (χ1n) is 7.96. The van der Waals surface area contributed by atoms with Crippen LogP contribution in [0.1, 0.15) is 11.1 Å². The third-order valence-electron chi connectivity index (χ3n) is 3.89. The molecule has 2 N–H and O–H groups in total. The molecule has 0 radical (unpaired) electrons. The molecule has 0 fully saturated rings. The van der Waals surface area contributed by atoms with Crippen molar-refractivity contribution in [1.82, 2.24) is 0 Å². The summed E-state index contributed by atoms with van der Waals surface area (Å²) in [6, 6.07) is 21.9. The fourth-order valence-electron chi connectivity index (χ4n) is 2.42. The fourth-order valence-corrected chi connectivity index (χ4v) is 3.48. The van der Waals surface area contributed by atoms with Gasteiger partial charge in [0, 0.05) is 17.1 Å². The Labute approximate surface area is 148 Å². The maximum absolute atomic E-state index is 12.4. The van der Waals surface area contributed by atoms with Crippen LogP contribution < -0.4 is 10.0 Å². The zero-order valence-electron chi connectivity index (χ0n) is 14.2. The highest BCUT2D eigenvalue weighted by atomic mass is 32.2. The number of sulfonamides is 1. The van der Waals surface area contributed by atoms with Crippen molar-refractivity contribution in [3.05, 3.63) is 83.9 Å². The van der Waals surface area contributed by atoms with Crippen LogP contribution >= 0.6 is 0 Å². The lowest BCUT2D eigenvalue weighted by Gasteiger charge is -2.11. The average Bonchev–Trinajstić information content (AvgIpc) is 2.59. The van der Waals surface area contributed by atoms with Crippen LogP contribution in [0.15, 0.2) is 77.7 Å². The van der Waals surface area contributed by atoms with Crippen molar-refractivity contribution in [2.24, 2.45) is 0 Å². The highest BCUT2D eigenvalue weighted by molar-refractivity contribution is 7.92. The summed E-state index contributed by atoms with van der Waals surface area (Å²) in [6.45, 7) is 3.95. The number of para-hydroxylation sites is 1. The van der Waals surface area contributed by atoms with Crippen LogP contribution in [0.3, 0.4) is 0 Å². The molecule has 0 atom stereocenters. The van der Waals surface area contributed by atoms with Gasteiger partial charge in [-0.05, 0) is 61.9 Å². The van der Waals surface area contributed by atoms with Gasteiger partial charge in [0.1, 0.15) is 0 Å². The van der Waals surface area contributed by atoms with Crippen LogP contribution in [0.5, 0.6) is 0 Å². The van der Waals surface area contributed by atoms with Gasteiger partial charge in [-0.15, -0.1) is 0 Å². The van der Waals surface area contributed by atoms with E-state index in [1.165, 1.54) is 0 Å². The second-order valence-electron chi connectivity index (χ2n) is 5.94. The summed E-state index contributed by atoms with van der Waals surface area (Å²) < 4.78 is 27.4. The molecule has 0 aromatic heterocycles. The number of anilines is 3. The van der Waals surface area contributed by atoms with Gasteiger partial charge in [-0.1, -0.05) is 35.9 Å². The van der Waals surface area contributed by atoms with Crippen molar-refractivity contribution in [3.63, 3.8) is 0 Å². The van der Waals surface area contributed by atoms with E-state index >= 15 is 0 Å². The Morgan fingerprint density at radius 1 is 0.720 bits per heavy atom. The van der Waals surface area contributed by atoms with Gasteiger partial charge in [0.15, 0.2) is 0 Å². The van der Waals surface area contributed by atoms with E-state index in [1.54, 1.807) is 36.4 Å². The molecule has 4 nitrogen and oxygen atoms in total. The summed E-state index contributed by atoms with van der Waals surface area (Å²) in [5, 5.41) is 3.32. The molecule has 25 heavy (non-hydrogen) atoms. The minimum Gasteiger partial charge on any atom is -0.355 e. The zero-order chi connectivity index (χ0) is 17.9. The molecule has 0 spiro atoms. The summed E-state index contributed by atoms with van der Waals surface area (Å²) in [6.07, 6.45) is 0. The summed E-state index contributed by atoms with van der Waals surface area (Å²) in [5.41, 5.74) is 4.61. The van der Waals surface area contributed by atoms with Gasteiger partial charge < -0.3 is 5.32 Å². The normalized spacial score (nSPS) is 11.1. The molecule has 3 aromatic rings. The van der Waals surface area contributed by atoms with E-state index in [4.69, 9.17) is 0 Å². The van der Waals surface area contributed by atoms with E-state index in [0.717, 1.165) is 22.5 Å². The Hall–Kier alpha value is -2.79. The van der Waals surface area contributed by atoms with Crippen molar-refractivity contribution in [3.8, 4) is 0 Å². The number of benzene rings is 3. The highest BCUT2D eigenvalue weighted by Gasteiger charge is 2.13. The van der Waals surface area contributed by atoms with Gasteiger partial charge in [0.2, 0.25) is 0 Å². The van der Waals surface area contributed by atoms with Crippen LogP contribution in [0.2, 0.25) is 0 Å². The topological polar surface area (TPSA) is 58.2 Å². The van der Waals surface area contributed by atoms with Crippen molar-refractivity contribution < 1.29 is 8.42 Å². The Bertz CT molecular complexity index is 963. The van der Waals surface area contributed by atoms with Crippen molar-refractivity contribution in [2.45, 2.75) is 18.7 Å². The van der Waals surface area contributed by atoms with Crippen LogP contribution in [-0.4, -0.2) is 8.42 Å². The van der Waals surface area contributed by atoms with Gasteiger partial charge >= 0.3 is 0 Å². The molecule has 5 heteroatoms. The lowest BCUT2D eigenvalue weighted by molar-refractivity contribution is 0.601. The number of aryl methyl sites for hydroxylation is 2. The highest BCUT2D eigenvalue weighted by Crippen LogP contribution is 2.23. The van der Waals surface area contributed by atoms with Gasteiger partial charge in [0.25, 0.3) is 10.0 Å². The van der Waals surface area contributed by atoms with Gasteiger partial charge in [-0.3, -0.25) is 4.72 Å². The van der Waals surface area contributed by atoms with E-state index in [1.807, 2.05) is 50.2 Å². The first kappa shape index (κ1) is 17.0. The number of rotatable bonds is 5.